The van der Waals surface area contributed by atoms with E-state index in [0.29, 0.717) is 40.1 Å². The number of fused-ring (bicyclic) bond motifs is 1. The molecule has 3 rings (SSSR count). The van der Waals surface area contributed by atoms with E-state index < -0.39 is 11.4 Å². The van der Waals surface area contributed by atoms with Gasteiger partial charge in [-0.3, -0.25) is 4.79 Å². The second kappa shape index (κ2) is 8.63. The van der Waals surface area contributed by atoms with Crippen LogP contribution < -0.4 is 34.5 Å². The number of methoxy groups -OCH3 is 3. The number of anilines is 3. The summed E-state index contributed by atoms with van der Waals surface area (Å²) in [5, 5.41) is 5.50. The maximum Gasteiger partial charge on any atom is 0.323 e. The van der Waals surface area contributed by atoms with E-state index >= 15 is 0 Å². The SMILES string of the molecule is COc1cc(NC(=O)Nc2ccc3c(c2)N(C)C(=O)C(C)(C)CO3)cc(OC)c1OC. The lowest BCUT2D eigenvalue weighted by Crippen LogP contribution is -2.39. The fourth-order valence-electron chi connectivity index (χ4n) is 3.31. The quantitative estimate of drug-likeness (QED) is 0.751. The van der Waals surface area contributed by atoms with Crippen LogP contribution in [0.4, 0.5) is 21.9 Å². The van der Waals surface area contributed by atoms with Crippen LogP contribution in [0.15, 0.2) is 30.3 Å². The van der Waals surface area contributed by atoms with Gasteiger partial charge in [0.05, 0.1) is 38.1 Å². The summed E-state index contributed by atoms with van der Waals surface area (Å²) in [4.78, 5) is 26.8. The smallest absolute Gasteiger partial charge is 0.323 e. The van der Waals surface area contributed by atoms with E-state index in [0.717, 1.165) is 0 Å². The molecule has 0 spiro atoms. The molecule has 0 aromatic heterocycles. The van der Waals surface area contributed by atoms with Crippen molar-refractivity contribution in [2.24, 2.45) is 5.41 Å². The summed E-state index contributed by atoms with van der Waals surface area (Å²) in [5.41, 5.74) is 0.900. The Morgan fingerprint density at radius 2 is 1.61 bits per heavy atom. The van der Waals surface area contributed by atoms with Crippen molar-refractivity contribution in [3.05, 3.63) is 30.3 Å². The van der Waals surface area contributed by atoms with Gasteiger partial charge in [0.15, 0.2) is 11.5 Å². The summed E-state index contributed by atoms with van der Waals surface area (Å²) in [6, 6.07) is 7.92. The van der Waals surface area contributed by atoms with Crippen LogP contribution in [-0.2, 0) is 4.79 Å². The lowest BCUT2D eigenvalue weighted by Gasteiger charge is -2.24. The number of amides is 3. The van der Waals surface area contributed by atoms with E-state index in [1.165, 1.54) is 21.3 Å². The maximum absolute atomic E-state index is 12.7. The minimum absolute atomic E-state index is 0.0646. The predicted octanol–water partition coefficient (Wildman–Crippen LogP) is 3.74. The molecular formula is C22H27N3O6. The van der Waals surface area contributed by atoms with Crippen molar-refractivity contribution in [1.82, 2.24) is 0 Å². The third-order valence-electron chi connectivity index (χ3n) is 4.97. The zero-order chi connectivity index (χ0) is 22.8. The van der Waals surface area contributed by atoms with Crippen molar-refractivity contribution < 1.29 is 28.5 Å². The Kier molecular flexibility index (Phi) is 6.14. The Morgan fingerprint density at radius 3 is 2.19 bits per heavy atom. The van der Waals surface area contributed by atoms with Crippen molar-refractivity contribution in [3.63, 3.8) is 0 Å². The van der Waals surface area contributed by atoms with Gasteiger partial charge in [0.2, 0.25) is 11.7 Å². The standard InChI is InChI=1S/C22H27N3O6/c1-22(2)12-31-16-8-7-13(9-15(16)25(3)20(22)26)23-21(27)24-14-10-17(28-4)19(30-6)18(11-14)29-5/h7-11H,12H2,1-6H3,(H2,23,24,27). The van der Waals surface area contributed by atoms with E-state index in [9.17, 15) is 9.59 Å². The third-order valence-corrected chi connectivity index (χ3v) is 4.97. The Balaban J connectivity index is 1.80. The molecule has 0 radical (unpaired) electrons. The first-order valence-corrected chi connectivity index (χ1v) is 9.63. The van der Waals surface area contributed by atoms with Crippen LogP contribution >= 0.6 is 0 Å². The molecule has 1 heterocycles. The molecule has 9 nitrogen and oxygen atoms in total. The van der Waals surface area contributed by atoms with Gasteiger partial charge >= 0.3 is 6.03 Å². The topological polar surface area (TPSA) is 98.4 Å². The normalized spacial score (nSPS) is 14.6. The highest BCUT2D eigenvalue weighted by atomic mass is 16.5. The molecule has 0 saturated carbocycles. The van der Waals surface area contributed by atoms with E-state index in [1.54, 1.807) is 42.3 Å². The summed E-state index contributed by atoms with van der Waals surface area (Å²) in [6.07, 6.45) is 0. The molecule has 2 aromatic carbocycles. The zero-order valence-corrected chi connectivity index (χ0v) is 18.5. The fraction of sp³-hybridized carbons (Fsp3) is 0.364. The Bertz CT molecular complexity index is 980. The summed E-state index contributed by atoms with van der Waals surface area (Å²) >= 11 is 0. The van der Waals surface area contributed by atoms with E-state index in [2.05, 4.69) is 10.6 Å². The molecule has 166 valence electrons. The van der Waals surface area contributed by atoms with Gasteiger partial charge in [-0.15, -0.1) is 0 Å². The van der Waals surface area contributed by atoms with Crippen LogP contribution in [0.25, 0.3) is 0 Å². The van der Waals surface area contributed by atoms with Crippen LogP contribution in [0.5, 0.6) is 23.0 Å². The van der Waals surface area contributed by atoms with Crippen molar-refractivity contribution in [2.45, 2.75) is 13.8 Å². The largest absolute Gasteiger partial charge is 0.493 e. The first kappa shape index (κ1) is 22.1. The van der Waals surface area contributed by atoms with Crippen molar-refractivity contribution in [2.75, 3.05) is 50.5 Å². The van der Waals surface area contributed by atoms with Gasteiger partial charge in [-0.2, -0.15) is 0 Å². The highest BCUT2D eigenvalue weighted by molar-refractivity contribution is 6.02. The van der Waals surface area contributed by atoms with Crippen LogP contribution in [0.1, 0.15) is 13.8 Å². The molecule has 2 aromatic rings. The number of carbonyl (C=O) groups excluding carboxylic acids is 2. The van der Waals surface area contributed by atoms with Gasteiger partial charge in [-0.1, -0.05) is 0 Å². The average Bonchev–Trinajstić information content (AvgIpc) is 2.83. The number of hydrogen-bond acceptors (Lipinski definition) is 6. The second-order valence-corrected chi connectivity index (χ2v) is 7.71. The minimum atomic E-state index is -0.648. The molecule has 31 heavy (non-hydrogen) atoms. The molecule has 2 N–H and O–H groups in total. The minimum Gasteiger partial charge on any atom is -0.493 e. The summed E-state index contributed by atoms with van der Waals surface area (Å²) in [6.45, 7) is 3.95. The number of nitrogens with one attached hydrogen (secondary N) is 2. The molecule has 0 fully saturated rings. The van der Waals surface area contributed by atoms with Gasteiger partial charge in [-0.05, 0) is 32.0 Å². The van der Waals surface area contributed by atoms with Crippen molar-refractivity contribution >= 4 is 29.0 Å². The Hall–Kier alpha value is -3.62. The first-order chi connectivity index (χ1) is 14.7. The van der Waals surface area contributed by atoms with Gasteiger partial charge in [0.1, 0.15) is 12.4 Å². The number of hydrogen-bond donors (Lipinski definition) is 2. The Labute approximate surface area is 181 Å². The lowest BCUT2D eigenvalue weighted by atomic mass is 9.93. The van der Waals surface area contributed by atoms with E-state index in [-0.39, 0.29) is 12.5 Å². The highest BCUT2D eigenvalue weighted by Gasteiger charge is 2.36. The van der Waals surface area contributed by atoms with E-state index in [4.69, 9.17) is 18.9 Å². The van der Waals surface area contributed by atoms with Crippen LogP contribution in [0.3, 0.4) is 0 Å². The lowest BCUT2D eigenvalue weighted by molar-refractivity contribution is -0.127. The van der Waals surface area contributed by atoms with Crippen LogP contribution in [0, 0.1) is 5.41 Å². The summed E-state index contributed by atoms with van der Waals surface area (Å²) in [5.74, 6) is 1.78. The van der Waals surface area contributed by atoms with Gasteiger partial charge in [0, 0.05) is 24.9 Å². The number of carbonyl (C=O) groups is 2. The summed E-state index contributed by atoms with van der Waals surface area (Å²) < 4.78 is 21.7. The molecule has 0 atom stereocenters. The molecule has 0 saturated heterocycles. The van der Waals surface area contributed by atoms with Gasteiger partial charge in [-0.25, -0.2) is 4.79 Å². The number of ether oxygens (including phenoxy) is 4. The molecular weight excluding hydrogens is 402 g/mol. The molecule has 1 aliphatic heterocycles. The number of nitrogens with zero attached hydrogens (tertiary/aromatic N) is 1. The molecule has 3 amide bonds. The van der Waals surface area contributed by atoms with Gasteiger partial charge < -0.3 is 34.5 Å². The molecule has 1 aliphatic rings. The third kappa shape index (κ3) is 4.45. The number of rotatable bonds is 5. The molecule has 9 heteroatoms. The monoisotopic (exact) mass is 429 g/mol. The zero-order valence-electron chi connectivity index (χ0n) is 18.5. The average molecular weight is 429 g/mol. The Morgan fingerprint density at radius 1 is 1.00 bits per heavy atom. The highest BCUT2D eigenvalue weighted by Crippen LogP contribution is 2.40. The van der Waals surface area contributed by atoms with Crippen LogP contribution in [0.2, 0.25) is 0 Å². The van der Waals surface area contributed by atoms with E-state index in [1.807, 2.05) is 13.8 Å². The van der Waals surface area contributed by atoms with Crippen LogP contribution in [-0.4, -0.2) is 46.9 Å². The number of urea groups is 1. The predicted molar refractivity (Wildman–Crippen MR) is 118 cm³/mol. The first-order valence-electron chi connectivity index (χ1n) is 9.63. The fourth-order valence-corrected chi connectivity index (χ4v) is 3.31. The summed E-state index contributed by atoms with van der Waals surface area (Å²) in [7, 11) is 6.19. The molecule has 0 bridgehead atoms. The number of benzene rings is 2. The molecule has 0 unspecified atom stereocenters. The second-order valence-electron chi connectivity index (χ2n) is 7.71. The molecule has 0 aliphatic carbocycles. The van der Waals surface area contributed by atoms with Crippen molar-refractivity contribution in [3.8, 4) is 23.0 Å². The maximum atomic E-state index is 12.7. The van der Waals surface area contributed by atoms with Crippen molar-refractivity contribution in [1.29, 1.82) is 0 Å². The van der Waals surface area contributed by atoms with Gasteiger partial charge in [0.25, 0.3) is 0 Å².